The van der Waals surface area contributed by atoms with E-state index in [4.69, 9.17) is 20.5 Å². The van der Waals surface area contributed by atoms with E-state index < -0.39 is 0 Å². The van der Waals surface area contributed by atoms with Gasteiger partial charge in [-0.15, -0.1) is 0 Å². The number of anilines is 1. The number of nitrogens with two attached hydrogens (primary N) is 1. The molecule has 0 amide bonds. The molecule has 2 N–H and O–H groups in total. The zero-order valence-electron chi connectivity index (χ0n) is 9.06. The van der Waals surface area contributed by atoms with E-state index in [-0.39, 0.29) is 5.60 Å². The van der Waals surface area contributed by atoms with Gasteiger partial charge in [-0.05, 0) is 12.8 Å². The molecular weight excluding hydrogens is 206 g/mol. The molecule has 1 aromatic rings. The van der Waals surface area contributed by atoms with Gasteiger partial charge in [-0.25, -0.2) is 4.98 Å². The Morgan fingerprint density at radius 1 is 1.62 bits per heavy atom. The van der Waals surface area contributed by atoms with Crippen molar-refractivity contribution in [2.24, 2.45) is 0 Å². The first-order valence-corrected chi connectivity index (χ1v) is 5.03. The SMILES string of the molecule is COC1(COc2cc(N)ncc2C#N)CC1. The summed E-state index contributed by atoms with van der Waals surface area (Å²) in [7, 11) is 1.67. The van der Waals surface area contributed by atoms with Gasteiger partial charge in [-0.2, -0.15) is 5.26 Å². The lowest BCUT2D eigenvalue weighted by Gasteiger charge is -2.15. The fourth-order valence-electron chi connectivity index (χ4n) is 1.41. The van der Waals surface area contributed by atoms with E-state index in [9.17, 15) is 0 Å². The van der Waals surface area contributed by atoms with E-state index >= 15 is 0 Å². The molecule has 0 unspecified atom stereocenters. The molecule has 5 heteroatoms. The van der Waals surface area contributed by atoms with Gasteiger partial charge in [-0.3, -0.25) is 0 Å². The van der Waals surface area contributed by atoms with Crippen LogP contribution >= 0.6 is 0 Å². The van der Waals surface area contributed by atoms with Crippen LogP contribution < -0.4 is 10.5 Å². The second-order valence-electron chi connectivity index (χ2n) is 3.89. The summed E-state index contributed by atoms with van der Waals surface area (Å²) < 4.78 is 10.9. The number of nitrogen functional groups attached to an aromatic ring is 1. The Balaban J connectivity index is 2.09. The molecule has 1 heterocycles. The Labute approximate surface area is 93.8 Å². The van der Waals surface area contributed by atoms with Crippen molar-refractivity contribution in [1.29, 1.82) is 5.26 Å². The van der Waals surface area contributed by atoms with Crippen molar-refractivity contribution < 1.29 is 9.47 Å². The first-order valence-electron chi connectivity index (χ1n) is 5.03. The van der Waals surface area contributed by atoms with Crippen molar-refractivity contribution in [3.05, 3.63) is 17.8 Å². The van der Waals surface area contributed by atoms with Crippen LogP contribution in [0.2, 0.25) is 0 Å². The molecule has 0 atom stereocenters. The average Bonchev–Trinajstić information content (AvgIpc) is 3.07. The molecule has 0 saturated heterocycles. The topological polar surface area (TPSA) is 81.2 Å². The van der Waals surface area contributed by atoms with Crippen LogP contribution in [0.15, 0.2) is 12.3 Å². The van der Waals surface area contributed by atoms with Crippen LogP contribution in [0.3, 0.4) is 0 Å². The van der Waals surface area contributed by atoms with Gasteiger partial charge in [0, 0.05) is 13.2 Å². The van der Waals surface area contributed by atoms with Gasteiger partial charge < -0.3 is 15.2 Å². The number of nitrogens with zero attached hydrogens (tertiary/aromatic N) is 2. The molecule has 5 nitrogen and oxygen atoms in total. The summed E-state index contributed by atoms with van der Waals surface area (Å²) in [5.41, 5.74) is 5.77. The number of aromatic nitrogens is 1. The van der Waals surface area contributed by atoms with Gasteiger partial charge >= 0.3 is 0 Å². The zero-order valence-corrected chi connectivity index (χ0v) is 9.06. The number of pyridine rings is 1. The minimum atomic E-state index is -0.162. The van der Waals surface area contributed by atoms with E-state index in [0.717, 1.165) is 12.8 Å². The summed E-state index contributed by atoms with van der Waals surface area (Å²) in [6.45, 7) is 0.446. The lowest BCUT2D eigenvalue weighted by atomic mass is 10.2. The molecule has 1 aliphatic carbocycles. The lowest BCUT2D eigenvalue weighted by molar-refractivity contribution is 0.0369. The first kappa shape index (κ1) is 10.7. The first-order chi connectivity index (χ1) is 7.69. The standard InChI is InChI=1S/C11H13N3O2/c1-15-11(2-3-11)7-16-9-4-10(13)14-6-8(9)5-12/h4,6H,2-3,7H2,1H3,(H2,13,14). The van der Waals surface area contributed by atoms with Gasteiger partial charge in [0.25, 0.3) is 0 Å². The summed E-state index contributed by atoms with van der Waals surface area (Å²) in [5.74, 6) is 0.814. The number of hydrogen-bond acceptors (Lipinski definition) is 5. The van der Waals surface area contributed by atoms with E-state index in [0.29, 0.717) is 23.7 Å². The zero-order chi connectivity index (χ0) is 11.6. The van der Waals surface area contributed by atoms with Crippen LogP contribution in [0, 0.1) is 11.3 Å². The maximum absolute atomic E-state index is 8.87. The predicted molar refractivity (Wildman–Crippen MR) is 57.8 cm³/mol. The van der Waals surface area contributed by atoms with Crippen molar-refractivity contribution in [2.45, 2.75) is 18.4 Å². The number of rotatable bonds is 4. The Morgan fingerprint density at radius 2 is 2.38 bits per heavy atom. The molecular formula is C11H13N3O2. The van der Waals surface area contributed by atoms with Gasteiger partial charge in [0.2, 0.25) is 0 Å². The highest BCUT2D eigenvalue weighted by molar-refractivity contribution is 5.47. The summed E-state index contributed by atoms with van der Waals surface area (Å²) in [4.78, 5) is 3.83. The molecule has 0 radical (unpaired) electrons. The van der Waals surface area contributed by atoms with E-state index in [2.05, 4.69) is 4.98 Å². The maximum Gasteiger partial charge on any atom is 0.142 e. The Bertz CT molecular complexity index is 435. The minimum Gasteiger partial charge on any atom is -0.489 e. The summed E-state index contributed by atoms with van der Waals surface area (Å²) in [6.07, 6.45) is 3.40. The van der Waals surface area contributed by atoms with Crippen molar-refractivity contribution >= 4 is 5.82 Å². The Morgan fingerprint density at radius 3 is 2.94 bits per heavy atom. The predicted octanol–water partition coefficient (Wildman–Crippen LogP) is 1.09. The third-order valence-electron chi connectivity index (χ3n) is 2.74. The smallest absolute Gasteiger partial charge is 0.142 e. The van der Waals surface area contributed by atoms with E-state index in [1.807, 2.05) is 6.07 Å². The van der Waals surface area contributed by atoms with Gasteiger partial charge in [-0.1, -0.05) is 0 Å². The Kier molecular flexibility index (Phi) is 2.67. The average molecular weight is 219 g/mol. The van der Waals surface area contributed by atoms with Gasteiger partial charge in [0.15, 0.2) is 0 Å². The number of nitriles is 1. The lowest BCUT2D eigenvalue weighted by Crippen LogP contribution is -2.22. The normalized spacial score (nSPS) is 16.5. The van der Waals surface area contributed by atoms with E-state index in [1.54, 1.807) is 13.2 Å². The molecule has 1 saturated carbocycles. The van der Waals surface area contributed by atoms with Crippen LogP contribution in [0.4, 0.5) is 5.82 Å². The van der Waals surface area contributed by atoms with Crippen LogP contribution in [-0.2, 0) is 4.74 Å². The molecule has 16 heavy (non-hydrogen) atoms. The van der Waals surface area contributed by atoms with Gasteiger partial charge in [0.1, 0.15) is 35.4 Å². The third kappa shape index (κ3) is 2.07. The van der Waals surface area contributed by atoms with Crippen LogP contribution in [0.25, 0.3) is 0 Å². The molecule has 0 aliphatic heterocycles. The molecule has 2 rings (SSSR count). The minimum absolute atomic E-state index is 0.162. The highest BCUT2D eigenvalue weighted by Gasteiger charge is 2.44. The number of hydrogen-bond donors (Lipinski definition) is 1. The maximum atomic E-state index is 8.87. The molecule has 0 aromatic carbocycles. The summed E-state index contributed by atoms with van der Waals surface area (Å²) in [6, 6.07) is 3.57. The van der Waals surface area contributed by atoms with Crippen molar-refractivity contribution in [2.75, 3.05) is 19.5 Å². The van der Waals surface area contributed by atoms with E-state index in [1.165, 1.54) is 6.20 Å². The van der Waals surface area contributed by atoms with Crippen LogP contribution in [-0.4, -0.2) is 24.3 Å². The molecule has 0 bridgehead atoms. The monoisotopic (exact) mass is 219 g/mol. The fraction of sp³-hybridized carbons (Fsp3) is 0.455. The molecule has 84 valence electrons. The van der Waals surface area contributed by atoms with Gasteiger partial charge in [0.05, 0.1) is 6.20 Å². The van der Waals surface area contributed by atoms with Crippen molar-refractivity contribution in [3.8, 4) is 11.8 Å². The Hall–Kier alpha value is -1.80. The molecule has 1 aliphatic rings. The molecule has 0 spiro atoms. The highest BCUT2D eigenvalue weighted by atomic mass is 16.5. The quantitative estimate of drug-likeness (QED) is 0.819. The molecule has 1 fully saturated rings. The number of methoxy groups -OCH3 is 1. The number of ether oxygens (including phenoxy) is 2. The van der Waals surface area contributed by atoms with Crippen molar-refractivity contribution in [1.82, 2.24) is 4.98 Å². The van der Waals surface area contributed by atoms with Crippen molar-refractivity contribution in [3.63, 3.8) is 0 Å². The summed E-state index contributed by atoms with van der Waals surface area (Å²) >= 11 is 0. The van der Waals surface area contributed by atoms with Crippen LogP contribution in [0.5, 0.6) is 5.75 Å². The fourth-order valence-corrected chi connectivity index (χ4v) is 1.41. The largest absolute Gasteiger partial charge is 0.489 e. The second kappa shape index (κ2) is 3.99. The third-order valence-corrected chi connectivity index (χ3v) is 2.74. The summed E-state index contributed by atoms with van der Waals surface area (Å²) in [5, 5.41) is 8.87. The van der Waals surface area contributed by atoms with Crippen LogP contribution in [0.1, 0.15) is 18.4 Å². The second-order valence-corrected chi connectivity index (χ2v) is 3.89. The highest BCUT2D eigenvalue weighted by Crippen LogP contribution is 2.39. The molecule has 1 aromatic heterocycles.